The summed E-state index contributed by atoms with van der Waals surface area (Å²) in [4.78, 5) is 27.9. The highest BCUT2D eigenvalue weighted by Crippen LogP contribution is 2.20. The lowest BCUT2D eigenvalue weighted by Crippen LogP contribution is -2.35. The molecule has 2 heterocycles. The zero-order valence-corrected chi connectivity index (χ0v) is 10.7. The van der Waals surface area contributed by atoms with Gasteiger partial charge in [-0.25, -0.2) is 4.98 Å². The number of hydrogen-bond acceptors (Lipinski definition) is 4. The molecule has 5 nitrogen and oxygen atoms in total. The van der Waals surface area contributed by atoms with E-state index in [1.807, 2.05) is 13.8 Å². The van der Waals surface area contributed by atoms with Gasteiger partial charge in [-0.3, -0.25) is 14.2 Å². The lowest BCUT2D eigenvalue weighted by molar-refractivity contribution is 0.0946. The van der Waals surface area contributed by atoms with Crippen molar-refractivity contribution in [3.05, 3.63) is 22.1 Å². The molecule has 0 radical (unpaired) electrons. The van der Waals surface area contributed by atoms with E-state index in [4.69, 9.17) is 0 Å². The Morgan fingerprint density at radius 3 is 3.12 bits per heavy atom. The van der Waals surface area contributed by atoms with Crippen molar-refractivity contribution in [2.24, 2.45) is 5.92 Å². The third-order valence-electron chi connectivity index (χ3n) is 2.47. The van der Waals surface area contributed by atoms with Gasteiger partial charge in [0.25, 0.3) is 11.5 Å². The van der Waals surface area contributed by atoms with E-state index in [0.29, 0.717) is 24.2 Å². The zero-order chi connectivity index (χ0) is 12.4. The Kier molecular flexibility index (Phi) is 3.51. The predicted molar refractivity (Wildman–Crippen MR) is 66.4 cm³/mol. The average molecular weight is 253 g/mol. The van der Waals surface area contributed by atoms with Gasteiger partial charge in [-0.05, 0) is 5.92 Å². The first-order valence-corrected chi connectivity index (χ1v) is 6.59. The van der Waals surface area contributed by atoms with E-state index in [1.54, 1.807) is 16.3 Å². The van der Waals surface area contributed by atoms with Gasteiger partial charge in [0, 0.05) is 25.0 Å². The van der Waals surface area contributed by atoms with E-state index < -0.39 is 0 Å². The molecule has 0 bridgehead atoms. The van der Waals surface area contributed by atoms with Crippen molar-refractivity contribution < 1.29 is 4.79 Å². The summed E-state index contributed by atoms with van der Waals surface area (Å²) in [6.07, 6.45) is 1.38. The average Bonchev–Trinajstić information content (AvgIpc) is 2.75. The Morgan fingerprint density at radius 2 is 2.41 bits per heavy atom. The van der Waals surface area contributed by atoms with E-state index in [9.17, 15) is 9.59 Å². The molecule has 1 aliphatic heterocycles. The first-order chi connectivity index (χ1) is 8.09. The number of carbonyl (C=O) groups excluding carboxylic acids is 1. The molecule has 0 atom stereocenters. The number of amides is 1. The van der Waals surface area contributed by atoms with Gasteiger partial charge in [-0.15, -0.1) is 0 Å². The summed E-state index contributed by atoms with van der Waals surface area (Å²) >= 11 is 1.54. The molecule has 0 saturated carbocycles. The van der Waals surface area contributed by atoms with Crippen LogP contribution in [0, 0.1) is 5.92 Å². The number of carbonyl (C=O) groups is 1. The van der Waals surface area contributed by atoms with Gasteiger partial charge in [-0.2, -0.15) is 0 Å². The number of aromatic nitrogens is 2. The number of fused-ring (bicyclic) bond motifs is 1. The smallest absolute Gasteiger partial charge is 0.267 e. The molecule has 6 heteroatoms. The van der Waals surface area contributed by atoms with Crippen LogP contribution in [0.15, 0.2) is 16.1 Å². The molecule has 92 valence electrons. The van der Waals surface area contributed by atoms with Gasteiger partial charge in [0.1, 0.15) is 5.56 Å². The van der Waals surface area contributed by atoms with Crippen LogP contribution in [0.1, 0.15) is 24.2 Å². The van der Waals surface area contributed by atoms with Crippen LogP contribution in [-0.2, 0) is 6.54 Å². The van der Waals surface area contributed by atoms with E-state index in [2.05, 4.69) is 10.3 Å². The number of rotatable bonds is 3. The summed E-state index contributed by atoms with van der Waals surface area (Å²) in [5.41, 5.74) is -0.0989. The number of nitrogens with zero attached hydrogens (tertiary/aromatic N) is 2. The lowest BCUT2D eigenvalue weighted by atomic mass is 10.2. The highest BCUT2D eigenvalue weighted by Gasteiger charge is 2.19. The van der Waals surface area contributed by atoms with Crippen LogP contribution >= 0.6 is 11.8 Å². The summed E-state index contributed by atoms with van der Waals surface area (Å²) < 4.78 is 1.56. The lowest BCUT2D eigenvalue weighted by Gasteiger charge is -2.08. The van der Waals surface area contributed by atoms with Crippen molar-refractivity contribution in [3.63, 3.8) is 0 Å². The monoisotopic (exact) mass is 253 g/mol. The molecule has 0 spiro atoms. The molecule has 0 fully saturated rings. The van der Waals surface area contributed by atoms with Crippen molar-refractivity contribution in [2.75, 3.05) is 12.3 Å². The Balaban J connectivity index is 2.22. The second kappa shape index (κ2) is 4.91. The van der Waals surface area contributed by atoms with Crippen molar-refractivity contribution in [2.45, 2.75) is 25.5 Å². The number of nitrogens with one attached hydrogen (secondary N) is 1. The fraction of sp³-hybridized carbons (Fsp3) is 0.545. The van der Waals surface area contributed by atoms with Crippen molar-refractivity contribution in [1.29, 1.82) is 0 Å². The minimum absolute atomic E-state index is 0.136. The molecule has 1 amide bonds. The molecule has 0 unspecified atom stereocenters. The molecular formula is C11H15N3O2S. The van der Waals surface area contributed by atoms with Gasteiger partial charge in [0.15, 0.2) is 5.16 Å². The topological polar surface area (TPSA) is 64.0 Å². The fourth-order valence-electron chi connectivity index (χ4n) is 1.57. The van der Waals surface area contributed by atoms with Crippen LogP contribution < -0.4 is 10.9 Å². The normalized spacial score (nSPS) is 13.8. The number of hydrogen-bond donors (Lipinski definition) is 1. The molecule has 17 heavy (non-hydrogen) atoms. The van der Waals surface area contributed by atoms with E-state index in [0.717, 1.165) is 5.75 Å². The molecular weight excluding hydrogens is 238 g/mol. The minimum Gasteiger partial charge on any atom is -0.352 e. The number of thioether (sulfide) groups is 1. The second-order valence-corrected chi connectivity index (χ2v) is 5.43. The Hall–Kier alpha value is -1.30. The van der Waals surface area contributed by atoms with Crippen LogP contribution in [0.4, 0.5) is 0 Å². The molecule has 2 rings (SSSR count). The van der Waals surface area contributed by atoms with Gasteiger partial charge < -0.3 is 5.32 Å². The van der Waals surface area contributed by atoms with E-state index in [-0.39, 0.29) is 17.0 Å². The maximum absolute atomic E-state index is 12.0. The molecule has 1 aromatic heterocycles. The molecule has 0 aliphatic carbocycles. The van der Waals surface area contributed by atoms with Crippen LogP contribution in [-0.4, -0.2) is 27.8 Å². The van der Waals surface area contributed by atoms with Gasteiger partial charge in [0.2, 0.25) is 0 Å². The third-order valence-corrected chi connectivity index (χ3v) is 3.44. The quantitative estimate of drug-likeness (QED) is 0.807. The first-order valence-electron chi connectivity index (χ1n) is 5.60. The van der Waals surface area contributed by atoms with Crippen molar-refractivity contribution in [3.8, 4) is 0 Å². The molecule has 0 saturated heterocycles. The Bertz CT molecular complexity index is 496. The van der Waals surface area contributed by atoms with Crippen LogP contribution in [0.3, 0.4) is 0 Å². The maximum atomic E-state index is 12.0. The molecule has 1 aliphatic rings. The fourth-order valence-corrected chi connectivity index (χ4v) is 2.48. The van der Waals surface area contributed by atoms with Gasteiger partial charge in [-0.1, -0.05) is 25.6 Å². The highest BCUT2D eigenvalue weighted by atomic mass is 32.2. The van der Waals surface area contributed by atoms with Crippen LogP contribution in [0.5, 0.6) is 0 Å². The largest absolute Gasteiger partial charge is 0.352 e. The van der Waals surface area contributed by atoms with E-state index >= 15 is 0 Å². The predicted octanol–water partition coefficient (Wildman–Crippen LogP) is 0.735. The van der Waals surface area contributed by atoms with Gasteiger partial charge in [0.05, 0.1) is 0 Å². The Labute approximate surface area is 104 Å². The minimum atomic E-state index is -0.330. The van der Waals surface area contributed by atoms with Gasteiger partial charge >= 0.3 is 0 Å². The summed E-state index contributed by atoms with van der Waals surface area (Å²) in [5.74, 6) is 0.877. The first kappa shape index (κ1) is 12.2. The maximum Gasteiger partial charge on any atom is 0.267 e. The summed E-state index contributed by atoms with van der Waals surface area (Å²) in [7, 11) is 0. The van der Waals surface area contributed by atoms with Crippen molar-refractivity contribution >= 4 is 17.7 Å². The SMILES string of the molecule is CC(C)CNC(=O)c1cnc2n(c1=O)CCS2. The van der Waals surface area contributed by atoms with E-state index in [1.165, 1.54) is 6.20 Å². The van der Waals surface area contributed by atoms with Crippen LogP contribution in [0.2, 0.25) is 0 Å². The highest BCUT2D eigenvalue weighted by molar-refractivity contribution is 7.99. The second-order valence-electron chi connectivity index (χ2n) is 4.36. The van der Waals surface area contributed by atoms with Crippen molar-refractivity contribution in [1.82, 2.24) is 14.9 Å². The zero-order valence-electron chi connectivity index (χ0n) is 9.90. The third kappa shape index (κ3) is 2.52. The van der Waals surface area contributed by atoms with Crippen LogP contribution in [0.25, 0.3) is 0 Å². The molecule has 0 aromatic carbocycles. The molecule has 1 aromatic rings. The standard InChI is InChI=1S/C11H15N3O2S/c1-7(2)5-12-9(15)8-6-13-11-14(10(8)16)3-4-17-11/h6-7H,3-5H2,1-2H3,(H,12,15). The Morgan fingerprint density at radius 1 is 1.65 bits per heavy atom. The summed E-state index contributed by atoms with van der Waals surface area (Å²) in [6, 6.07) is 0. The summed E-state index contributed by atoms with van der Waals surface area (Å²) in [5, 5.41) is 3.44. The molecule has 1 N–H and O–H groups in total. The summed E-state index contributed by atoms with van der Waals surface area (Å²) in [6.45, 7) is 5.21.